The summed E-state index contributed by atoms with van der Waals surface area (Å²) in [6, 6.07) is 0. The number of aliphatic hydroxyl groups is 1. The summed E-state index contributed by atoms with van der Waals surface area (Å²) in [6.07, 6.45) is 20.1. The third-order valence-corrected chi connectivity index (χ3v) is 5.02. The molecule has 27 heavy (non-hydrogen) atoms. The lowest BCUT2D eigenvalue weighted by Crippen LogP contribution is -2.39. The van der Waals surface area contributed by atoms with Gasteiger partial charge < -0.3 is 15.6 Å². The summed E-state index contributed by atoms with van der Waals surface area (Å²) >= 11 is 0. The van der Waals surface area contributed by atoms with Gasteiger partial charge in [0.1, 0.15) is 11.8 Å². The highest BCUT2D eigenvalue weighted by atomic mass is 16.5. The van der Waals surface area contributed by atoms with E-state index in [2.05, 4.69) is 6.92 Å². The first kappa shape index (κ1) is 26.4. The normalized spacial score (nSPS) is 14.7. The lowest BCUT2D eigenvalue weighted by atomic mass is 10.0. The predicted octanol–water partition coefficient (Wildman–Crippen LogP) is 6.24. The Labute approximate surface area is 168 Å². The zero-order chi connectivity index (χ0) is 20.4. The van der Waals surface area contributed by atoms with Crippen LogP contribution >= 0.6 is 0 Å². The van der Waals surface area contributed by atoms with Crippen LogP contribution in [0.4, 0.5) is 0 Å². The topological polar surface area (TPSA) is 72.5 Å². The minimum absolute atomic E-state index is 0.179. The standard InChI is InChI=1S/C23H47NO3/c1-4-5-6-7-8-9-10-11-12-13-14-15-16-17-18-19-22(25)27-21(2)20-23(3,24)26/h21,26H,4-20,24H2,1-3H3. The van der Waals surface area contributed by atoms with Crippen molar-refractivity contribution in [1.29, 1.82) is 0 Å². The molecule has 162 valence electrons. The molecule has 3 N–H and O–H groups in total. The quantitative estimate of drug-likeness (QED) is 0.157. The fraction of sp³-hybridized carbons (Fsp3) is 0.957. The maximum atomic E-state index is 11.7. The minimum Gasteiger partial charge on any atom is -0.462 e. The number of hydrogen-bond donors (Lipinski definition) is 2. The third-order valence-electron chi connectivity index (χ3n) is 5.02. The van der Waals surface area contributed by atoms with Gasteiger partial charge in [0.25, 0.3) is 0 Å². The van der Waals surface area contributed by atoms with Gasteiger partial charge in [0.2, 0.25) is 0 Å². The largest absolute Gasteiger partial charge is 0.462 e. The Morgan fingerprint density at radius 3 is 1.59 bits per heavy atom. The monoisotopic (exact) mass is 385 g/mol. The molecule has 0 aromatic rings. The fourth-order valence-electron chi connectivity index (χ4n) is 3.55. The number of unbranched alkanes of at least 4 members (excludes halogenated alkanes) is 14. The van der Waals surface area contributed by atoms with E-state index in [-0.39, 0.29) is 18.5 Å². The van der Waals surface area contributed by atoms with Crippen molar-refractivity contribution in [3.05, 3.63) is 0 Å². The van der Waals surface area contributed by atoms with E-state index in [1.807, 2.05) is 0 Å². The van der Waals surface area contributed by atoms with Crippen LogP contribution in [0, 0.1) is 0 Å². The van der Waals surface area contributed by atoms with Gasteiger partial charge >= 0.3 is 5.97 Å². The van der Waals surface area contributed by atoms with Gasteiger partial charge in [0.15, 0.2) is 0 Å². The van der Waals surface area contributed by atoms with Gasteiger partial charge in [0.05, 0.1) is 0 Å². The second-order valence-electron chi connectivity index (χ2n) is 8.56. The number of carbonyl (C=O) groups excluding carboxylic acids is 1. The van der Waals surface area contributed by atoms with Crippen LogP contribution in [0.1, 0.15) is 130 Å². The Bertz CT molecular complexity index is 339. The number of ether oxygens (including phenoxy) is 1. The summed E-state index contributed by atoms with van der Waals surface area (Å²) in [5.41, 5.74) is 4.23. The van der Waals surface area contributed by atoms with E-state index in [1.54, 1.807) is 6.92 Å². The zero-order valence-corrected chi connectivity index (χ0v) is 18.4. The molecule has 0 aliphatic carbocycles. The Kier molecular flexibility index (Phi) is 17.1. The SMILES string of the molecule is CCCCCCCCCCCCCCCCCC(=O)OC(C)CC(C)(N)O. The van der Waals surface area contributed by atoms with E-state index in [1.165, 1.54) is 90.4 Å². The van der Waals surface area contributed by atoms with E-state index >= 15 is 0 Å². The predicted molar refractivity (Wildman–Crippen MR) is 115 cm³/mol. The Morgan fingerprint density at radius 2 is 1.22 bits per heavy atom. The summed E-state index contributed by atoms with van der Waals surface area (Å²) in [6.45, 7) is 5.56. The van der Waals surface area contributed by atoms with E-state index < -0.39 is 5.72 Å². The van der Waals surface area contributed by atoms with Crippen LogP contribution < -0.4 is 5.73 Å². The lowest BCUT2D eigenvalue weighted by Gasteiger charge is -2.22. The van der Waals surface area contributed by atoms with Crippen molar-refractivity contribution in [1.82, 2.24) is 0 Å². The molecule has 0 rings (SSSR count). The van der Waals surface area contributed by atoms with Crippen LogP contribution in [0.2, 0.25) is 0 Å². The number of rotatable bonds is 19. The molecular weight excluding hydrogens is 338 g/mol. The van der Waals surface area contributed by atoms with Crippen molar-refractivity contribution in [3.63, 3.8) is 0 Å². The zero-order valence-electron chi connectivity index (χ0n) is 18.4. The summed E-state index contributed by atoms with van der Waals surface area (Å²) < 4.78 is 5.27. The van der Waals surface area contributed by atoms with Crippen LogP contribution in [0.3, 0.4) is 0 Å². The van der Waals surface area contributed by atoms with E-state index in [9.17, 15) is 9.90 Å². The van der Waals surface area contributed by atoms with Crippen LogP contribution in [-0.2, 0) is 9.53 Å². The van der Waals surface area contributed by atoms with Gasteiger partial charge in [-0.25, -0.2) is 0 Å². The molecule has 0 aromatic carbocycles. The van der Waals surface area contributed by atoms with E-state index in [4.69, 9.17) is 10.5 Å². The molecule has 0 aliphatic heterocycles. The van der Waals surface area contributed by atoms with Gasteiger partial charge in [-0.1, -0.05) is 96.8 Å². The van der Waals surface area contributed by atoms with Crippen molar-refractivity contribution < 1.29 is 14.6 Å². The highest BCUT2D eigenvalue weighted by molar-refractivity contribution is 5.69. The van der Waals surface area contributed by atoms with Crippen molar-refractivity contribution >= 4 is 5.97 Å². The van der Waals surface area contributed by atoms with Gasteiger partial charge in [-0.2, -0.15) is 0 Å². The fourth-order valence-corrected chi connectivity index (χ4v) is 3.55. The highest BCUT2D eigenvalue weighted by Crippen LogP contribution is 2.14. The number of nitrogens with two attached hydrogens (primary N) is 1. The molecule has 0 saturated heterocycles. The molecule has 0 saturated carbocycles. The van der Waals surface area contributed by atoms with Gasteiger partial charge in [-0.15, -0.1) is 0 Å². The molecule has 0 aromatic heterocycles. The van der Waals surface area contributed by atoms with Gasteiger partial charge in [0, 0.05) is 12.8 Å². The number of carbonyl (C=O) groups is 1. The second-order valence-corrected chi connectivity index (χ2v) is 8.56. The Balaban J connectivity index is 3.27. The second kappa shape index (κ2) is 17.5. The maximum Gasteiger partial charge on any atom is 0.306 e. The molecule has 0 bridgehead atoms. The molecule has 2 unspecified atom stereocenters. The molecule has 0 heterocycles. The lowest BCUT2D eigenvalue weighted by molar-refractivity contribution is -0.150. The average Bonchev–Trinajstić information content (AvgIpc) is 2.56. The molecule has 0 amide bonds. The first-order chi connectivity index (χ1) is 12.8. The van der Waals surface area contributed by atoms with Crippen LogP contribution in [0.5, 0.6) is 0 Å². The van der Waals surface area contributed by atoms with E-state index in [0.717, 1.165) is 12.8 Å². The number of hydrogen-bond acceptors (Lipinski definition) is 4. The molecule has 4 heteroatoms. The van der Waals surface area contributed by atoms with Crippen LogP contribution in [-0.4, -0.2) is 22.9 Å². The molecule has 0 aliphatic rings. The van der Waals surface area contributed by atoms with Gasteiger partial charge in [-0.3, -0.25) is 4.79 Å². The maximum absolute atomic E-state index is 11.7. The average molecular weight is 386 g/mol. The molecular formula is C23H47NO3. The van der Waals surface area contributed by atoms with Crippen molar-refractivity contribution in [2.24, 2.45) is 5.73 Å². The summed E-state index contributed by atoms with van der Waals surface area (Å²) in [7, 11) is 0. The Morgan fingerprint density at radius 1 is 0.852 bits per heavy atom. The molecule has 0 fully saturated rings. The first-order valence-electron chi connectivity index (χ1n) is 11.6. The van der Waals surface area contributed by atoms with Crippen LogP contribution in [0.15, 0.2) is 0 Å². The molecule has 0 spiro atoms. The first-order valence-corrected chi connectivity index (χ1v) is 11.6. The third kappa shape index (κ3) is 21.5. The molecule has 0 radical (unpaired) electrons. The Hall–Kier alpha value is -0.610. The minimum atomic E-state index is -1.28. The summed E-state index contributed by atoms with van der Waals surface area (Å²) in [4.78, 5) is 11.7. The smallest absolute Gasteiger partial charge is 0.306 e. The van der Waals surface area contributed by atoms with Crippen molar-refractivity contribution in [2.45, 2.75) is 142 Å². The van der Waals surface area contributed by atoms with E-state index in [0.29, 0.717) is 6.42 Å². The van der Waals surface area contributed by atoms with Crippen molar-refractivity contribution in [2.75, 3.05) is 0 Å². The van der Waals surface area contributed by atoms with Crippen molar-refractivity contribution in [3.8, 4) is 0 Å². The summed E-state index contributed by atoms with van der Waals surface area (Å²) in [5.74, 6) is -0.179. The number of esters is 1. The highest BCUT2D eigenvalue weighted by Gasteiger charge is 2.20. The molecule has 4 nitrogen and oxygen atoms in total. The molecule has 2 atom stereocenters. The van der Waals surface area contributed by atoms with Gasteiger partial charge in [-0.05, 0) is 20.3 Å². The van der Waals surface area contributed by atoms with Crippen LogP contribution in [0.25, 0.3) is 0 Å². The summed E-state index contributed by atoms with van der Waals surface area (Å²) in [5, 5.41) is 9.50.